The molecule has 1 amide bonds. The fourth-order valence-corrected chi connectivity index (χ4v) is 4.84. The largest absolute Gasteiger partial charge is 0.489 e. The normalized spacial score (nSPS) is 16.7. The van der Waals surface area contributed by atoms with E-state index in [1.165, 1.54) is 33.4 Å². The fraction of sp³-hybridized carbons (Fsp3) is 0.464. The molecule has 0 atom stereocenters. The van der Waals surface area contributed by atoms with Crippen LogP contribution in [-0.2, 0) is 24.2 Å². The summed E-state index contributed by atoms with van der Waals surface area (Å²) in [5.74, 6) is 1.95. The van der Waals surface area contributed by atoms with Gasteiger partial charge in [0.15, 0.2) is 0 Å². The monoisotopic (exact) mass is 432 g/mol. The van der Waals surface area contributed by atoms with E-state index in [1.54, 1.807) is 7.05 Å². The molecule has 4 rings (SSSR count). The number of hydrogen-bond acceptors (Lipinski definition) is 3. The number of aryl methyl sites for hydroxylation is 1. The molecule has 1 aliphatic carbocycles. The Labute approximate surface area is 192 Å². The number of carbonyl (C=O) groups excluding carboxylic acids is 1. The number of carbonyl (C=O) groups is 1. The molecule has 1 aliphatic heterocycles. The van der Waals surface area contributed by atoms with Gasteiger partial charge in [0.05, 0.1) is 5.92 Å². The molecule has 1 fully saturated rings. The van der Waals surface area contributed by atoms with Crippen LogP contribution in [0.1, 0.15) is 49.4 Å². The molecule has 0 unspecified atom stereocenters. The van der Waals surface area contributed by atoms with Crippen LogP contribution in [-0.4, -0.2) is 37.5 Å². The highest BCUT2D eigenvalue weighted by molar-refractivity contribution is 5.79. The number of amides is 1. The van der Waals surface area contributed by atoms with Gasteiger partial charge >= 0.3 is 0 Å². The van der Waals surface area contributed by atoms with Gasteiger partial charge in [-0.15, -0.1) is 0 Å². The van der Waals surface area contributed by atoms with Gasteiger partial charge in [-0.2, -0.15) is 0 Å². The van der Waals surface area contributed by atoms with E-state index in [0.29, 0.717) is 12.5 Å². The third-order valence-corrected chi connectivity index (χ3v) is 6.77. The number of fused-ring (bicyclic) bond motifs is 1. The van der Waals surface area contributed by atoms with Gasteiger partial charge in [0.25, 0.3) is 0 Å². The number of benzene rings is 2. The third kappa shape index (κ3) is 5.24. The van der Waals surface area contributed by atoms with Gasteiger partial charge in [-0.05, 0) is 72.1 Å². The van der Waals surface area contributed by atoms with E-state index >= 15 is 0 Å². The molecule has 0 saturated carbocycles. The molecule has 1 N–H and O–H groups in total. The summed E-state index contributed by atoms with van der Waals surface area (Å²) in [6.07, 6.45) is 3.25. The average molecular weight is 433 g/mol. The van der Waals surface area contributed by atoms with E-state index < -0.39 is 0 Å². The Morgan fingerprint density at radius 3 is 2.50 bits per heavy atom. The lowest BCUT2D eigenvalue weighted by molar-refractivity contribution is -0.129. The predicted octanol–water partition coefficient (Wildman–Crippen LogP) is 4.86. The van der Waals surface area contributed by atoms with Crippen LogP contribution in [0.2, 0.25) is 0 Å². The molecular formula is C28H36N2O2. The molecule has 2 aromatic carbocycles. The number of likely N-dealkylation sites (tertiary alicyclic amines) is 1. The highest BCUT2D eigenvalue weighted by atomic mass is 16.5. The summed E-state index contributed by atoms with van der Waals surface area (Å²) in [6, 6.07) is 15.3. The Bertz CT molecular complexity index is 985. The van der Waals surface area contributed by atoms with Crippen molar-refractivity contribution in [1.82, 2.24) is 10.2 Å². The van der Waals surface area contributed by atoms with Gasteiger partial charge in [-0.1, -0.05) is 49.8 Å². The molecule has 0 spiro atoms. The van der Waals surface area contributed by atoms with Crippen molar-refractivity contribution in [3.8, 4) is 5.75 Å². The quantitative estimate of drug-likeness (QED) is 0.648. The number of nitrogens with zero attached hydrogens (tertiary/aromatic N) is 1. The van der Waals surface area contributed by atoms with Crippen molar-refractivity contribution in [2.75, 3.05) is 26.7 Å². The number of rotatable bonds is 8. The molecule has 2 aliphatic rings. The van der Waals surface area contributed by atoms with Crippen LogP contribution in [0.5, 0.6) is 5.75 Å². The zero-order chi connectivity index (χ0) is 22.7. The van der Waals surface area contributed by atoms with Crippen LogP contribution in [0.15, 0.2) is 48.0 Å². The Hall–Kier alpha value is -2.59. The molecule has 0 radical (unpaired) electrons. The minimum atomic E-state index is 0.155. The molecule has 32 heavy (non-hydrogen) atoms. The van der Waals surface area contributed by atoms with E-state index in [0.717, 1.165) is 44.6 Å². The second kappa shape index (κ2) is 9.91. The second-order valence-corrected chi connectivity index (χ2v) is 9.76. The second-order valence-electron chi connectivity index (χ2n) is 9.76. The number of ether oxygens (including phenoxy) is 1. The maximum atomic E-state index is 11.7. The Morgan fingerprint density at radius 2 is 1.81 bits per heavy atom. The summed E-state index contributed by atoms with van der Waals surface area (Å²) < 4.78 is 6.11. The Balaban J connectivity index is 1.34. The SMILES string of the molecule is CNC(=O)C1CN(CC2=C(C)c3ccc(OCc4ccc(CC(C)C)cc4)cc3CC2)C1. The summed E-state index contributed by atoms with van der Waals surface area (Å²) >= 11 is 0. The van der Waals surface area contributed by atoms with Gasteiger partial charge in [0.2, 0.25) is 5.91 Å². The molecule has 0 aromatic heterocycles. The number of hydrogen-bond donors (Lipinski definition) is 1. The van der Waals surface area contributed by atoms with E-state index in [9.17, 15) is 4.79 Å². The third-order valence-electron chi connectivity index (χ3n) is 6.77. The summed E-state index contributed by atoms with van der Waals surface area (Å²) in [6.45, 7) is 10.1. The van der Waals surface area contributed by atoms with Gasteiger partial charge in [0, 0.05) is 26.7 Å². The summed E-state index contributed by atoms with van der Waals surface area (Å²) in [5, 5.41) is 2.76. The summed E-state index contributed by atoms with van der Waals surface area (Å²) in [4.78, 5) is 14.1. The van der Waals surface area contributed by atoms with E-state index in [-0.39, 0.29) is 11.8 Å². The maximum Gasteiger partial charge on any atom is 0.225 e. The van der Waals surface area contributed by atoms with Crippen molar-refractivity contribution in [3.05, 3.63) is 70.3 Å². The molecule has 4 nitrogen and oxygen atoms in total. The number of allylic oxidation sites excluding steroid dienone is 1. The average Bonchev–Trinajstić information content (AvgIpc) is 2.76. The first kappa shape index (κ1) is 22.6. The van der Waals surface area contributed by atoms with E-state index in [2.05, 4.69) is 73.5 Å². The predicted molar refractivity (Wildman–Crippen MR) is 131 cm³/mol. The van der Waals surface area contributed by atoms with Crippen LogP contribution in [0.25, 0.3) is 5.57 Å². The van der Waals surface area contributed by atoms with Gasteiger partial charge in [-0.3, -0.25) is 9.69 Å². The first-order chi connectivity index (χ1) is 15.4. The van der Waals surface area contributed by atoms with Crippen LogP contribution in [0, 0.1) is 11.8 Å². The van der Waals surface area contributed by atoms with Crippen LogP contribution >= 0.6 is 0 Å². The lowest BCUT2D eigenvalue weighted by atomic mass is 9.85. The molecular weight excluding hydrogens is 396 g/mol. The van der Waals surface area contributed by atoms with Gasteiger partial charge < -0.3 is 10.1 Å². The van der Waals surface area contributed by atoms with Crippen LogP contribution in [0.3, 0.4) is 0 Å². The van der Waals surface area contributed by atoms with Gasteiger partial charge in [0.1, 0.15) is 12.4 Å². The van der Waals surface area contributed by atoms with Crippen molar-refractivity contribution < 1.29 is 9.53 Å². The minimum Gasteiger partial charge on any atom is -0.489 e. The first-order valence-electron chi connectivity index (χ1n) is 11.9. The summed E-state index contributed by atoms with van der Waals surface area (Å²) in [7, 11) is 1.72. The highest BCUT2D eigenvalue weighted by Gasteiger charge is 2.32. The zero-order valence-electron chi connectivity index (χ0n) is 19.9. The Morgan fingerprint density at radius 1 is 1.09 bits per heavy atom. The molecule has 4 heteroatoms. The topological polar surface area (TPSA) is 41.6 Å². The van der Waals surface area contributed by atoms with Gasteiger partial charge in [-0.25, -0.2) is 0 Å². The summed E-state index contributed by atoms with van der Waals surface area (Å²) in [5.41, 5.74) is 8.21. The molecule has 1 heterocycles. The fourth-order valence-electron chi connectivity index (χ4n) is 4.84. The van der Waals surface area contributed by atoms with Crippen molar-refractivity contribution in [1.29, 1.82) is 0 Å². The van der Waals surface area contributed by atoms with Crippen LogP contribution in [0.4, 0.5) is 0 Å². The van der Waals surface area contributed by atoms with Crippen LogP contribution < -0.4 is 10.1 Å². The highest BCUT2D eigenvalue weighted by Crippen LogP contribution is 2.34. The molecule has 0 bridgehead atoms. The minimum absolute atomic E-state index is 0.155. The molecule has 1 saturated heterocycles. The maximum absolute atomic E-state index is 11.7. The lowest BCUT2D eigenvalue weighted by Gasteiger charge is -2.39. The standard InChI is InChI=1S/C28H36N2O2/c1-19(2)13-21-5-7-22(8-6-21)18-32-26-11-12-27-20(3)24(10-9-23(27)14-26)15-30-16-25(17-30)28(31)29-4/h5-8,11-12,14,19,25H,9-10,13,15-18H2,1-4H3,(H,29,31). The molecule has 170 valence electrons. The van der Waals surface area contributed by atoms with E-state index in [4.69, 9.17) is 4.74 Å². The molecule has 2 aromatic rings. The Kier molecular flexibility index (Phi) is 7.00. The van der Waals surface area contributed by atoms with E-state index in [1.807, 2.05) is 0 Å². The lowest BCUT2D eigenvalue weighted by Crippen LogP contribution is -2.53. The van der Waals surface area contributed by atoms with Crippen molar-refractivity contribution in [3.63, 3.8) is 0 Å². The zero-order valence-corrected chi connectivity index (χ0v) is 19.9. The van der Waals surface area contributed by atoms with Crippen molar-refractivity contribution in [2.24, 2.45) is 11.8 Å². The van der Waals surface area contributed by atoms with Crippen molar-refractivity contribution >= 4 is 11.5 Å². The smallest absolute Gasteiger partial charge is 0.225 e. The number of nitrogens with one attached hydrogen (secondary N) is 1. The van der Waals surface area contributed by atoms with Crippen molar-refractivity contribution in [2.45, 2.75) is 46.6 Å². The first-order valence-corrected chi connectivity index (χ1v) is 11.9.